The first-order valence-corrected chi connectivity index (χ1v) is 16.0. The number of sulfone groups is 1. The third-order valence-electron chi connectivity index (χ3n) is 6.62. The van der Waals surface area contributed by atoms with Crippen LogP contribution < -0.4 is 10.1 Å². The molecule has 0 spiro atoms. The van der Waals surface area contributed by atoms with Crippen molar-refractivity contribution in [3.05, 3.63) is 99.8 Å². The van der Waals surface area contributed by atoms with Crippen molar-refractivity contribution in [3.8, 4) is 5.75 Å². The maximum atomic E-state index is 13.5. The number of nitrogens with zero attached hydrogens (tertiary/aromatic N) is 3. The topological polar surface area (TPSA) is 140 Å². The highest BCUT2D eigenvalue weighted by Crippen LogP contribution is 2.29. The Balaban J connectivity index is 1.62. The molecule has 0 fully saturated rings. The number of benzene rings is 2. The summed E-state index contributed by atoms with van der Waals surface area (Å²) < 4.78 is 44.9. The molecule has 0 radical (unpaired) electrons. The molecule has 0 saturated carbocycles. The lowest BCUT2D eigenvalue weighted by Crippen LogP contribution is -2.42. The Kier molecular flexibility index (Phi) is 10.1. The van der Waals surface area contributed by atoms with Crippen LogP contribution in [0.3, 0.4) is 0 Å². The monoisotopic (exact) mass is 614 g/mol. The molecule has 42 heavy (non-hydrogen) atoms. The summed E-state index contributed by atoms with van der Waals surface area (Å²) in [6.45, 7) is 0. The minimum Gasteiger partial charge on any atom is -0.483 e. The predicted molar refractivity (Wildman–Crippen MR) is 156 cm³/mol. The molecule has 2 atom stereocenters. The van der Waals surface area contributed by atoms with Crippen LogP contribution in [0.2, 0.25) is 0 Å². The molecule has 2 heterocycles. The van der Waals surface area contributed by atoms with E-state index in [4.69, 9.17) is 4.74 Å². The lowest BCUT2D eigenvalue weighted by atomic mass is 9.98. The van der Waals surface area contributed by atoms with Crippen LogP contribution in [0.4, 0.5) is 4.39 Å². The van der Waals surface area contributed by atoms with Crippen molar-refractivity contribution in [2.45, 2.75) is 37.8 Å². The fraction of sp³-hybridized carbons (Fsp3) is 0.310. The van der Waals surface area contributed by atoms with E-state index in [1.165, 1.54) is 23.5 Å². The Labute approximate surface area is 247 Å². The van der Waals surface area contributed by atoms with E-state index in [9.17, 15) is 27.5 Å². The lowest BCUT2D eigenvalue weighted by Gasteiger charge is -2.20. The van der Waals surface area contributed by atoms with Crippen molar-refractivity contribution in [1.29, 1.82) is 0 Å². The first-order chi connectivity index (χ1) is 20.0. The number of carbonyl (C=O) groups is 2. The van der Waals surface area contributed by atoms with Gasteiger partial charge in [-0.25, -0.2) is 27.6 Å². The molecule has 0 saturated heterocycles. The second-order valence-electron chi connectivity index (χ2n) is 9.91. The maximum Gasteiger partial charge on any atom is 0.326 e. The average Bonchev–Trinajstić information content (AvgIpc) is 3.62. The lowest BCUT2D eigenvalue weighted by molar-refractivity contribution is -0.139. The Bertz CT molecular complexity index is 1620. The number of aromatic nitrogens is 3. The number of thiazole rings is 1. The van der Waals surface area contributed by atoms with Gasteiger partial charge in [0.25, 0.3) is 5.91 Å². The minimum absolute atomic E-state index is 0.193. The van der Waals surface area contributed by atoms with Crippen LogP contribution in [-0.2, 0) is 40.9 Å². The summed E-state index contributed by atoms with van der Waals surface area (Å²) in [5.41, 5.74) is 2.59. The molecule has 1 unspecified atom stereocenters. The number of nitrogens with one attached hydrogen (secondary N) is 1. The summed E-state index contributed by atoms with van der Waals surface area (Å²) in [6, 6.07) is 9.66. The molecule has 13 heteroatoms. The molecule has 0 aliphatic heterocycles. The summed E-state index contributed by atoms with van der Waals surface area (Å²) >= 11 is 1.43. The van der Waals surface area contributed by atoms with Gasteiger partial charge in [0, 0.05) is 48.8 Å². The van der Waals surface area contributed by atoms with E-state index < -0.39 is 39.6 Å². The molecule has 0 aliphatic rings. The molecule has 2 N–H and O–H groups in total. The number of hydrogen-bond donors (Lipinski definition) is 2. The summed E-state index contributed by atoms with van der Waals surface area (Å²) in [5, 5.41) is 14.7. The molecule has 10 nitrogen and oxygen atoms in total. The zero-order valence-electron chi connectivity index (χ0n) is 23.1. The van der Waals surface area contributed by atoms with E-state index >= 15 is 0 Å². The number of carboxylic acids is 1. The molecule has 1 amide bonds. The molecule has 222 valence electrons. The summed E-state index contributed by atoms with van der Waals surface area (Å²) in [4.78, 5) is 33.9. The molecule has 0 aliphatic carbocycles. The highest BCUT2D eigenvalue weighted by atomic mass is 32.2. The van der Waals surface area contributed by atoms with Crippen LogP contribution in [0, 0.1) is 5.82 Å². The summed E-state index contributed by atoms with van der Waals surface area (Å²) in [6.07, 6.45) is 6.72. The van der Waals surface area contributed by atoms with Gasteiger partial charge in [-0.05, 0) is 54.7 Å². The van der Waals surface area contributed by atoms with Crippen molar-refractivity contribution in [2.75, 3.05) is 12.0 Å². The van der Waals surface area contributed by atoms with E-state index in [1.54, 1.807) is 49.1 Å². The van der Waals surface area contributed by atoms with Gasteiger partial charge in [0.2, 0.25) is 0 Å². The fourth-order valence-electron chi connectivity index (χ4n) is 4.32. The number of hydrogen-bond acceptors (Lipinski definition) is 8. The standard InChI is InChI=1S/C29H31FN4O6S2/c1-34-18-31-17-22(34)15-26(28-32-12-13-41-28)40-23-10-7-20(6-3-19-4-8-21(30)9-5-19)24(16-23)27(35)33-25(29(36)37)11-14-42(2,38)39/h4-5,7-10,12-13,16-18,25-26H,3,6,11,14-15H2,1-2H3,(H,33,35)(H,36,37)/t25-,26?/m0/s1. The highest BCUT2D eigenvalue weighted by molar-refractivity contribution is 7.90. The Morgan fingerprint density at radius 1 is 1.17 bits per heavy atom. The van der Waals surface area contributed by atoms with Gasteiger partial charge in [-0.15, -0.1) is 11.3 Å². The van der Waals surface area contributed by atoms with E-state index in [2.05, 4.69) is 15.3 Å². The van der Waals surface area contributed by atoms with Gasteiger partial charge in [0.1, 0.15) is 32.5 Å². The van der Waals surface area contributed by atoms with Crippen LogP contribution >= 0.6 is 11.3 Å². The van der Waals surface area contributed by atoms with Gasteiger partial charge in [-0.2, -0.15) is 0 Å². The van der Waals surface area contributed by atoms with Gasteiger partial charge in [0.15, 0.2) is 6.10 Å². The largest absolute Gasteiger partial charge is 0.483 e. The molecule has 4 rings (SSSR count). The first-order valence-electron chi connectivity index (χ1n) is 13.1. The van der Waals surface area contributed by atoms with Gasteiger partial charge in [0.05, 0.1) is 12.1 Å². The number of ether oxygens (including phenoxy) is 1. The predicted octanol–water partition coefficient (Wildman–Crippen LogP) is 3.78. The molecule has 2 aromatic heterocycles. The number of aryl methyl sites for hydroxylation is 3. The van der Waals surface area contributed by atoms with E-state index in [0.29, 0.717) is 30.6 Å². The Morgan fingerprint density at radius 2 is 1.93 bits per heavy atom. The third kappa shape index (κ3) is 8.70. The fourth-order valence-corrected chi connectivity index (χ4v) is 5.65. The summed E-state index contributed by atoms with van der Waals surface area (Å²) in [7, 11) is -1.57. The van der Waals surface area contributed by atoms with E-state index in [0.717, 1.165) is 22.5 Å². The van der Waals surface area contributed by atoms with Crippen molar-refractivity contribution in [3.63, 3.8) is 0 Å². The molecular weight excluding hydrogens is 583 g/mol. The zero-order chi connectivity index (χ0) is 30.3. The number of amides is 1. The van der Waals surface area contributed by atoms with Gasteiger partial charge >= 0.3 is 5.97 Å². The third-order valence-corrected chi connectivity index (χ3v) is 8.46. The number of carboxylic acid groups (broad SMARTS) is 1. The van der Waals surface area contributed by atoms with Gasteiger partial charge in [-0.3, -0.25) is 4.79 Å². The van der Waals surface area contributed by atoms with Crippen LogP contribution in [-0.4, -0.2) is 58.0 Å². The first kappa shape index (κ1) is 30.8. The highest BCUT2D eigenvalue weighted by Gasteiger charge is 2.25. The van der Waals surface area contributed by atoms with Gasteiger partial charge < -0.3 is 19.7 Å². The van der Waals surface area contributed by atoms with Crippen LogP contribution in [0.5, 0.6) is 5.75 Å². The number of halogens is 1. The second-order valence-corrected chi connectivity index (χ2v) is 13.1. The maximum absolute atomic E-state index is 13.5. The SMILES string of the molecule is Cn1cncc1CC(Oc1ccc(CCc2ccc(F)cc2)c(C(=O)N[C@@H](CCS(C)(=O)=O)C(=O)O)c1)c1nccs1. The van der Waals surface area contributed by atoms with Crippen molar-refractivity contribution in [2.24, 2.45) is 7.05 Å². The van der Waals surface area contributed by atoms with Crippen molar-refractivity contribution >= 4 is 33.1 Å². The van der Waals surface area contributed by atoms with Crippen molar-refractivity contribution < 1.29 is 32.2 Å². The van der Waals surface area contributed by atoms with E-state index in [-0.39, 0.29) is 17.8 Å². The normalized spacial score (nSPS) is 12.9. The number of carbonyl (C=O) groups excluding carboxylic acids is 1. The number of rotatable bonds is 14. The minimum atomic E-state index is -3.44. The van der Waals surface area contributed by atoms with Crippen LogP contribution in [0.25, 0.3) is 0 Å². The smallest absolute Gasteiger partial charge is 0.326 e. The number of aliphatic carboxylic acids is 1. The van der Waals surface area contributed by atoms with Crippen LogP contribution in [0.1, 0.15) is 44.7 Å². The molecule has 0 bridgehead atoms. The second kappa shape index (κ2) is 13.7. The molecule has 4 aromatic rings. The van der Waals surface area contributed by atoms with Gasteiger partial charge in [-0.1, -0.05) is 18.2 Å². The summed E-state index contributed by atoms with van der Waals surface area (Å²) in [5.74, 6) is -2.39. The Morgan fingerprint density at radius 3 is 2.55 bits per heavy atom. The quantitative estimate of drug-likeness (QED) is 0.219. The Hall–Kier alpha value is -4.10. The molecule has 2 aromatic carbocycles. The average molecular weight is 615 g/mol. The van der Waals surface area contributed by atoms with Crippen molar-refractivity contribution in [1.82, 2.24) is 19.9 Å². The van der Waals surface area contributed by atoms with Crippen LogP contribution in [0.15, 0.2) is 66.6 Å². The number of imidazole rings is 1. The zero-order valence-corrected chi connectivity index (χ0v) is 24.7. The van der Waals surface area contributed by atoms with E-state index in [1.807, 2.05) is 17.0 Å². The molecular formula is C29H31FN4O6S2.